The average molecular weight is 479 g/mol. The second-order valence-electron chi connectivity index (χ2n) is 7.20. The van der Waals surface area contributed by atoms with Gasteiger partial charge in [-0.15, -0.1) is 0 Å². The molecule has 1 aromatic heterocycles. The second-order valence-corrected chi connectivity index (χ2v) is 7.61. The van der Waals surface area contributed by atoms with Gasteiger partial charge in [0.15, 0.2) is 0 Å². The van der Waals surface area contributed by atoms with Gasteiger partial charge in [0.1, 0.15) is 24.0 Å². The molecule has 3 aromatic rings. The minimum absolute atomic E-state index is 0.131. The molecule has 11 heteroatoms. The van der Waals surface area contributed by atoms with Gasteiger partial charge in [0.2, 0.25) is 5.91 Å². The molecule has 1 atom stereocenters. The van der Waals surface area contributed by atoms with E-state index in [1.165, 1.54) is 12.4 Å². The number of carbonyl (C=O) groups excluding carboxylic acids is 1. The molecule has 0 saturated carbocycles. The lowest BCUT2D eigenvalue weighted by Gasteiger charge is -2.18. The SMILES string of the molecule is C=CC(=O)Nc1cc2c(Nc3ccc(Cl)c(C(F)(F)F)c3)ncnc2cc1O[C@@H]1CCOC1. The molecule has 0 spiro atoms. The van der Waals surface area contributed by atoms with Crippen LogP contribution in [-0.2, 0) is 15.7 Å². The number of nitrogens with one attached hydrogen (secondary N) is 2. The number of nitrogens with zero attached hydrogens (tertiary/aromatic N) is 2. The highest BCUT2D eigenvalue weighted by molar-refractivity contribution is 6.31. The van der Waals surface area contributed by atoms with Gasteiger partial charge in [-0.3, -0.25) is 4.79 Å². The molecule has 0 bridgehead atoms. The first-order valence-electron chi connectivity index (χ1n) is 9.85. The lowest BCUT2D eigenvalue weighted by Crippen LogP contribution is -2.18. The van der Waals surface area contributed by atoms with E-state index in [1.807, 2.05) is 0 Å². The molecule has 0 radical (unpaired) electrons. The van der Waals surface area contributed by atoms with Crippen molar-refractivity contribution in [3.05, 3.63) is 59.9 Å². The molecule has 33 heavy (non-hydrogen) atoms. The van der Waals surface area contributed by atoms with E-state index < -0.39 is 22.7 Å². The Morgan fingerprint density at radius 1 is 1.27 bits per heavy atom. The minimum atomic E-state index is -4.61. The molecular weight excluding hydrogens is 461 g/mol. The van der Waals surface area contributed by atoms with E-state index in [0.29, 0.717) is 42.0 Å². The van der Waals surface area contributed by atoms with Crippen LogP contribution >= 0.6 is 11.6 Å². The van der Waals surface area contributed by atoms with Crippen LogP contribution in [0.15, 0.2) is 49.3 Å². The van der Waals surface area contributed by atoms with Crippen molar-refractivity contribution in [1.29, 1.82) is 0 Å². The van der Waals surface area contributed by atoms with Gasteiger partial charge in [0.25, 0.3) is 0 Å². The third-order valence-corrected chi connectivity index (χ3v) is 5.23. The number of aromatic nitrogens is 2. The molecule has 1 saturated heterocycles. The van der Waals surface area contributed by atoms with Crippen molar-refractivity contribution < 1.29 is 27.4 Å². The van der Waals surface area contributed by atoms with Crippen molar-refractivity contribution in [1.82, 2.24) is 9.97 Å². The Morgan fingerprint density at radius 3 is 2.79 bits per heavy atom. The summed E-state index contributed by atoms with van der Waals surface area (Å²) >= 11 is 5.70. The predicted molar refractivity (Wildman–Crippen MR) is 118 cm³/mol. The number of fused-ring (bicyclic) bond motifs is 1. The minimum Gasteiger partial charge on any atom is -0.486 e. The standard InChI is InChI=1S/C22H18ClF3N4O3/c1-2-20(31)30-18-8-14-17(9-19(18)33-13-5-6-32-10-13)27-11-28-21(14)29-12-3-4-16(23)15(7-12)22(24,25)26/h2-4,7-9,11,13H,1,5-6,10H2,(H,30,31)(H,27,28,29)/t13-/m1/s1. The van der Waals surface area contributed by atoms with Gasteiger partial charge in [-0.1, -0.05) is 18.2 Å². The topological polar surface area (TPSA) is 85.4 Å². The number of ether oxygens (including phenoxy) is 2. The summed E-state index contributed by atoms with van der Waals surface area (Å²) in [5.41, 5.74) is -0.0416. The smallest absolute Gasteiger partial charge is 0.417 e. The largest absolute Gasteiger partial charge is 0.486 e. The zero-order chi connectivity index (χ0) is 23.6. The summed E-state index contributed by atoms with van der Waals surface area (Å²) in [4.78, 5) is 20.4. The summed E-state index contributed by atoms with van der Waals surface area (Å²) in [6.07, 6.45) is -1.71. The first-order chi connectivity index (χ1) is 15.7. The van der Waals surface area contributed by atoms with Crippen molar-refractivity contribution >= 4 is 45.6 Å². The van der Waals surface area contributed by atoms with Gasteiger partial charge >= 0.3 is 6.18 Å². The molecule has 1 fully saturated rings. The van der Waals surface area contributed by atoms with Crippen LogP contribution in [0.1, 0.15) is 12.0 Å². The summed E-state index contributed by atoms with van der Waals surface area (Å²) in [6, 6.07) is 6.67. The van der Waals surface area contributed by atoms with E-state index in [0.717, 1.165) is 18.2 Å². The Kier molecular flexibility index (Phi) is 6.39. The Bertz CT molecular complexity index is 1210. The van der Waals surface area contributed by atoms with Crippen LogP contribution in [0.5, 0.6) is 5.75 Å². The lowest BCUT2D eigenvalue weighted by atomic mass is 10.1. The van der Waals surface area contributed by atoms with E-state index >= 15 is 0 Å². The van der Waals surface area contributed by atoms with Gasteiger partial charge in [0.05, 0.1) is 35.0 Å². The molecule has 0 aliphatic carbocycles. The van der Waals surface area contributed by atoms with E-state index in [-0.39, 0.29) is 17.6 Å². The summed E-state index contributed by atoms with van der Waals surface area (Å²) in [5.74, 6) is 0.157. The molecule has 1 amide bonds. The third-order valence-electron chi connectivity index (χ3n) is 4.90. The monoisotopic (exact) mass is 478 g/mol. The number of anilines is 3. The Hall–Kier alpha value is -3.37. The zero-order valence-corrected chi connectivity index (χ0v) is 17.8. The van der Waals surface area contributed by atoms with E-state index in [1.54, 1.807) is 12.1 Å². The van der Waals surface area contributed by atoms with Gasteiger partial charge in [-0.2, -0.15) is 13.2 Å². The van der Waals surface area contributed by atoms with Crippen molar-refractivity contribution in [2.75, 3.05) is 23.8 Å². The zero-order valence-electron chi connectivity index (χ0n) is 17.1. The fraction of sp³-hybridized carbons (Fsp3) is 0.227. The van der Waals surface area contributed by atoms with Crippen molar-refractivity contribution in [2.45, 2.75) is 18.7 Å². The quantitative estimate of drug-likeness (QED) is 0.465. The van der Waals surface area contributed by atoms with Crippen LogP contribution in [0.2, 0.25) is 5.02 Å². The van der Waals surface area contributed by atoms with Gasteiger partial charge in [0, 0.05) is 23.6 Å². The van der Waals surface area contributed by atoms with Crippen LogP contribution in [-0.4, -0.2) is 35.2 Å². The molecule has 1 aliphatic rings. The Balaban J connectivity index is 1.74. The molecule has 4 rings (SSSR count). The molecule has 0 unspecified atom stereocenters. The second kappa shape index (κ2) is 9.24. The fourth-order valence-electron chi connectivity index (χ4n) is 3.30. The van der Waals surface area contributed by atoms with Gasteiger partial charge in [-0.25, -0.2) is 9.97 Å². The number of benzene rings is 2. The highest BCUT2D eigenvalue weighted by atomic mass is 35.5. The first kappa shape index (κ1) is 22.8. The van der Waals surface area contributed by atoms with Crippen molar-refractivity contribution in [2.24, 2.45) is 0 Å². The number of amides is 1. The normalized spacial score (nSPS) is 15.9. The van der Waals surface area contributed by atoms with Crippen LogP contribution in [0.3, 0.4) is 0 Å². The summed E-state index contributed by atoms with van der Waals surface area (Å²) in [7, 11) is 0. The van der Waals surface area contributed by atoms with E-state index in [9.17, 15) is 18.0 Å². The maximum Gasteiger partial charge on any atom is 0.417 e. The number of hydrogen-bond acceptors (Lipinski definition) is 6. The molecule has 2 heterocycles. The molecule has 2 aromatic carbocycles. The molecule has 172 valence electrons. The maximum atomic E-state index is 13.2. The Morgan fingerprint density at radius 2 is 2.09 bits per heavy atom. The molecule has 7 nitrogen and oxygen atoms in total. The number of hydrogen-bond donors (Lipinski definition) is 2. The van der Waals surface area contributed by atoms with Crippen LogP contribution < -0.4 is 15.4 Å². The molecule has 1 aliphatic heterocycles. The molecule has 2 N–H and O–H groups in total. The number of halogens is 4. The Labute approximate surface area is 191 Å². The lowest BCUT2D eigenvalue weighted by molar-refractivity contribution is -0.137. The van der Waals surface area contributed by atoms with Crippen LogP contribution in [0.4, 0.5) is 30.4 Å². The predicted octanol–water partition coefficient (Wildman–Crippen LogP) is 5.34. The number of carbonyl (C=O) groups is 1. The number of alkyl halides is 3. The van der Waals surface area contributed by atoms with Crippen molar-refractivity contribution in [3.8, 4) is 5.75 Å². The molecular formula is C22H18ClF3N4O3. The fourth-order valence-corrected chi connectivity index (χ4v) is 3.53. The highest BCUT2D eigenvalue weighted by Crippen LogP contribution is 2.38. The summed E-state index contributed by atoms with van der Waals surface area (Å²) in [6.45, 7) is 4.44. The van der Waals surface area contributed by atoms with Crippen molar-refractivity contribution in [3.63, 3.8) is 0 Å². The van der Waals surface area contributed by atoms with E-state index in [4.69, 9.17) is 21.1 Å². The summed E-state index contributed by atoms with van der Waals surface area (Å²) < 4.78 is 51.0. The average Bonchev–Trinajstić information content (AvgIpc) is 3.28. The highest BCUT2D eigenvalue weighted by Gasteiger charge is 2.33. The van der Waals surface area contributed by atoms with Gasteiger partial charge in [-0.05, 0) is 30.3 Å². The van der Waals surface area contributed by atoms with E-state index in [2.05, 4.69) is 27.2 Å². The summed E-state index contributed by atoms with van der Waals surface area (Å²) in [5, 5.41) is 5.60. The van der Waals surface area contributed by atoms with Gasteiger partial charge < -0.3 is 20.1 Å². The van der Waals surface area contributed by atoms with Crippen LogP contribution in [0, 0.1) is 0 Å². The maximum absolute atomic E-state index is 13.2. The number of rotatable bonds is 6. The van der Waals surface area contributed by atoms with Crippen LogP contribution in [0.25, 0.3) is 10.9 Å². The third kappa shape index (κ3) is 5.18. The first-order valence-corrected chi connectivity index (χ1v) is 10.2.